The zero-order valence-corrected chi connectivity index (χ0v) is 9.66. The van der Waals surface area contributed by atoms with Crippen molar-refractivity contribution in [2.24, 2.45) is 0 Å². The molecule has 2 rings (SSSR count). The molecule has 0 radical (unpaired) electrons. The van der Waals surface area contributed by atoms with Crippen molar-refractivity contribution in [3.8, 4) is 11.5 Å². The summed E-state index contributed by atoms with van der Waals surface area (Å²) in [6.45, 7) is 1.63. The lowest BCUT2D eigenvalue weighted by Crippen LogP contribution is -1.95. The van der Waals surface area contributed by atoms with E-state index in [9.17, 15) is 10.1 Å². The van der Waals surface area contributed by atoms with Gasteiger partial charge >= 0.3 is 0 Å². The van der Waals surface area contributed by atoms with Gasteiger partial charge in [0.15, 0.2) is 0 Å². The highest BCUT2D eigenvalue weighted by atomic mass is 16.6. The van der Waals surface area contributed by atoms with E-state index >= 15 is 0 Å². The lowest BCUT2D eigenvalue weighted by Gasteiger charge is -2.08. The van der Waals surface area contributed by atoms with Crippen LogP contribution in [-0.4, -0.2) is 9.91 Å². The molecule has 0 aliphatic rings. The fourth-order valence-electron chi connectivity index (χ4n) is 1.53. The Kier molecular flexibility index (Phi) is 3.09. The van der Waals surface area contributed by atoms with Crippen molar-refractivity contribution in [1.29, 1.82) is 0 Å². The first-order chi connectivity index (χ1) is 8.58. The summed E-state index contributed by atoms with van der Waals surface area (Å²) in [5.41, 5.74) is 6.53. The quantitative estimate of drug-likeness (QED) is 0.663. The average Bonchev–Trinajstić information content (AvgIpc) is 2.31. The predicted octanol–water partition coefficient (Wildman–Crippen LogP) is 2.67. The number of nitro groups is 1. The van der Waals surface area contributed by atoms with Crippen LogP contribution < -0.4 is 10.5 Å². The fourth-order valence-corrected chi connectivity index (χ4v) is 1.53. The molecule has 6 nitrogen and oxygen atoms in total. The molecule has 0 saturated carbocycles. The Morgan fingerprint density at radius 1 is 1.39 bits per heavy atom. The standard InChI is InChI=1S/C12H11N3O3/c1-8-11(15(16)17)3-2-4-12(8)18-10-5-9(13)6-14-7-10/h2-7H,13H2,1H3. The van der Waals surface area contributed by atoms with Crippen molar-refractivity contribution in [2.75, 3.05) is 5.73 Å². The highest BCUT2D eigenvalue weighted by Crippen LogP contribution is 2.30. The van der Waals surface area contributed by atoms with Crippen molar-refractivity contribution in [2.45, 2.75) is 6.92 Å². The first-order valence-corrected chi connectivity index (χ1v) is 5.20. The summed E-state index contributed by atoms with van der Waals surface area (Å²) < 4.78 is 5.53. The maximum Gasteiger partial charge on any atom is 0.276 e. The van der Waals surface area contributed by atoms with Crippen LogP contribution in [0.15, 0.2) is 36.7 Å². The molecule has 0 aliphatic heterocycles. The molecule has 0 bridgehead atoms. The third-order valence-electron chi connectivity index (χ3n) is 2.41. The second-order valence-corrected chi connectivity index (χ2v) is 3.71. The summed E-state index contributed by atoms with van der Waals surface area (Å²) >= 11 is 0. The second kappa shape index (κ2) is 4.70. The van der Waals surface area contributed by atoms with Gasteiger partial charge in [0, 0.05) is 12.1 Å². The third-order valence-corrected chi connectivity index (χ3v) is 2.41. The van der Waals surface area contributed by atoms with Crippen molar-refractivity contribution in [3.63, 3.8) is 0 Å². The average molecular weight is 245 g/mol. The van der Waals surface area contributed by atoms with Crippen LogP contribution in [-0.2, 0) is 0 Å². The van der Waals surface area contributed by atoms with Crippen LogP contribution in [0.25, 0.3) is 0 Å². The molecule has 0 unspecified atom stereocenters. The fraction of sp³-hybridized carbons (Fsp3) is 0.0833. The monoisotopic (exact) mass is 245 g/mol. The smallest absolute Gasteiger partial charge is 0.276 e. The van der Waals surface area contributed by atoms with Gasteiger partial charge in [-0.1, -0.05) is 6.07 Å². The molecule has 0 atom stereocenters. The Morgan fingerprint density at radius 2 is 2.17 bits per heavy atom. The van der Waals surface area contributed by atoms with E-state index in [1.54, 1.807) is 25.1 Å². The van der Waals surface area contributed by atoms with Gasteiger partial charge in [0.2, 0.25) is 0 Å². The zero-order valence-electron chi connectivity index (χ0n) is 9.66. The molecule has 0 fully saturated rings. The first kappa shape index (κ1) is 11.8. The Morgan fingerprint density at radius 3 is 2.83 bits per heavy atom. The summed E-state index contributed by atoms with van der Waals surface area (Å²) in [5, 5.41) is 10.8. The van der Waals surface area contributed by atoms with Gasteiger partial charge in [-0.15, -0.1) is 0 Å². The van der Waals surface area contributed by atoms with Crippen molar-refractivity contribution in [3.05, 3.63) is 52.3 Å². The molecule has 6 heteroatoms. The van der Waals surface area contributed by atoms with E-state index in [1.807, 2.05) is 0 Å². The Labute approximate surface area is 103 Å². The van der Waals surface area contributed by atoms with Gasteiger partial charge < -0.3 is 10.5 Å². The maximum absolute atomic E-state index is 10.8. The zero-order chi connectivity index (χ0) is 13.1. The summed E-state index contributed by atoms with van der Waals surface area (Å²) in [4.78, 5) is 14.2. The van der Waals surface area contributed by atoms with Crippen LogP contribution in [0.3, 0.4) is 0 Å². The summed E-state index contributed by atoms with van der Waals surface area (Å²) in [5.74, 6) is 0.857. The summed E-state index contributed by atoms with van der Waals surface area (Å²) in [7, 11) is 0. The van der Waals surface area contributed by atoms with Crippen LogP contribution in [0.5, 0.6) is 11.5 Å². The highest BCUT2D eigenvalue weighted by molar-refractivity contribution is 5.50. The van der Waals surface area contributed by atoms with Gasteiger partial charge in [-0.05, 0) is 13.0 Å². The molecule has 2 N–H and O–H groups in total. The van der Waals surface area contributed by atoms with E-state index in [-0.39, 0.29) is 5.69 Å². The van der Waals surface area contributed by atoms with Gasteiger partial charge in [-0.3, -0.25) is 15.1 Å². The molecule has 1 heterocycles. The maximum atomic E-state index is 10.8. The number of aromatic nitrogens is 1. The molecule has 1 aromatic heterocycles. The predicted molar refractivity (Wildman–Crippen MR) is 66.6 cm³/mol. The molecular formula is C12H11N3O3. The van der Waals surface area contributed by atoms with Crippen molar-refractivity contribution < 1.29 is 9.66 Å². The SMILES string of the molecule is Cc1c(Oc2cncc(N)c2)cccc1[N+](=O)[O-]. The van der Waals surface area contributed by atoms with Crippen LogP contribution >= 0.6 is 0 Å². The second-order valence-electron chi connectivity index (χ2n) is 3.71. The minimum Gasteiger partial charge on any atom is -0.455 e. The molecule has 1 aromatic carbocycles. The minimum absolute atomic E-state index is 0.0179. The van der Waals surface area contributed by atoms with E-state index in [0.29, 0.717) is 22.7 Å². The molecule has 0 aliphatic carbocycles. The number of hydrogen-bond donors (Lipinski definition) is 1. The lowest BCUT2D eigenvalue weighted by atomic mass is 10.2. The van der Waals surface area contributed by atoms with E-state index < -0.39 is 4.92 Å². The number of nitrogens with two attached hydrogens (primary N) is 1. The Balaban J connectivity index is 2.35. The molecule has 92 valence electrons. The van der Waals surface area contributed by atoms with Gasteiger partial charge in [0.1, 0.15) is 11.5 Å². The number of hydrogen-bond acceptors (Lipinski definition) is 5. The van der Waals surface area contributed by atoms with Crippen molar-refractivity contribution in [1.82, 2.24) is 4.98 Å². The normalized spacial score (nSPS) is 10.1. The van der Waals surface area contributed by atoms with E-state index in [4.69, 9.17) is 10.5 Å². The number of anilines is 1. The number of nitro benzene ring substituents is 1. The number of nitrogen functional groups attached to an aromatic ring is 1. The number of pyridine rings is 1. The number of benzene rings is 1. The van der Waals surface area contributed by atoms with Crippen LogP contribution in [0.1, 0.15) is 5.56 Å². The van der Waals surface area contributed by atoms with E-state index in [2.05, 4.69) is 4.98 Å². The number of nitrogens with zero attached hydrogens (tertiary/aromatic N) is 2. The Hall–Kier alpha value is -2.63. The van der Waals surface area contributed by atoms with Gasteiger partial charge in [0.05, 0.1) is 28.6 Å². The molecule has 0 spiro atoms. The minimum atomic E-state index is -0.445. The van der Waals surface area contributed by atoms with Gasteiger partial charge in [-0.25, -0.2) is 0 Å². The van der Waals surface area contributed by atoms with Gasteiger partial charge in [-0.2, -0.15) is 0 Å². The van der Waals surface area contributed by atoms with E-state index in [1.165, 1.54) is 18.5 Å². The third kappa shape index (κ3) is 2.37. The molecule has 2 aromatic rings. The summed E-state index contributed by atoms with van der Waals surface area (Å²) in [6.07, 6.45) is 2.99. The molecule has 0 amide bonds. The number of ether oxygens (including phenoxy) is 1. The largest absolute Gasteiger partial charge is 0.455 e. The molecular weight excluding hydrogens is 234 g/mol. The summed E-state index contributed by atoms with van der Waals surface area (Å²) in [6, 6.07) is 6.26. The lowest BCUT2D eigenvalue weighted by molar-refractivity contribution is -0.385. The molecule has 0 saturated heterocycles. The Bertz CT molecular complexity index is 599. The number of rotatable bonds is 3. The topological polar surface area (TPSA) is 91.3 Å². The van der Waals surface area contributed by atoms with Crippen LogP contribution in [0.4, 0.5) is 11.4 Å². The van der Waals surface area contributed by atoms with E-state index in [0.717, 1.165) is 0 Å². The first-order valence-electron chi connectivity index (χ1n) is 5.20. The van der Waals surface area contributed by atoms with Crippen LogP contribution in [0.2, 0.25) is 0 Å². The van der Waals surface area contributed by atoms with Crippen LogP contribution in [0, 0.1) is 17.0 Å². The van der Waals surface area contributed by atoms with Crippen molar-refractivity contribution >= 4 is 11.4 Å². The molecule has 18 heavy (non-hydrogen) atoms. The highest BCUT2D eigenvalue weighted by Gasteiger charge is 2.14. The van der Waals surface area contributed by atoms with Gasteiger partial charge in [0.25, 0.3) is 5.69 Å².